The van der Waals surface area contributed by atoms with Gasteiger partial charge in [0.1, 0.15) is 0 Å². The predicted octanol–water partition coefficient (Wildman–Crippen LogP) is 1.88. The summed E-state index contributed by atoms with van der Waals surface area (Å²) in [5.41, 5.74) is 0.0119. The van der Waals surface area contributed by atoms with Gasteiger partial charge in [-0.05, 0) is 25.3 Å². The van der Waals surface area contributed by atoms with Gasteiger partial charge in [0.05, 0.1) is 6.10 Å². The molecule has 1 aliphatic carbocycles. The molecule has 2 heteroatoms. The van der Waals surface area contributed by atoms with Crippen molar-refractivity contribution < 1.29 is 5.11 Å². The maximum absolute atomic E-state index is 9.88. The molecule has 1 saturated carbocycles. The van der Waals surface area contributed by atoms with Crippen LogP contribution in [-0.4, -0.2) is 35.7 Å². The minimum Gasteiger partial charge on any atom is -0.391 e. The third-order valence-electron chi connectivity index (χ3n) is 3.16. The molecule has 0 aromatic heterocycles. The Morgan fingerprint density at radius 2 is 1.92 bits per heavy atom. The number of aliphatic hydroxyl groups excluding tert-OH is 1. The number of hydrogen-bond acceptors (Lipinski definition) is 2. The highest BCUT2D eigenvalue weighted by Crippen LogP contribution is 2.26. The van der Waals surface area contributed by atoms with Crippen LogP contribution in [0.2, 0.25) is 0 Å². The molecule has 0 saturated heterocycles. The predicted molar refractivity (Wildman–Crippen MR) is 55.7 cm³/mol. The van der Waals surface area contributed by atoms with Crippen LogP contribution in [0.4, 0.5) is 0 Å². The molecule has 1 aliphatic rings. The maximum Gasteiger partial charge on any atom is 0.0715 e. The highest BCUT2D eigenvalue weighted by Gasteiger charge is 2.28. The molecule has 0 aliphatic heterocycles. The fourth-order valence-corrected chi connectivity index (χ4v) is 1.52. The lowest BCUT2D eigenvalue weighted by molar-refractivity contribution is 0.0133. The number of nitrogens with zero attached hydrogens (tertiary/aromatic N) is 1. The second-order valence-corrected chi connectivity index (χ2v) is 5.41. The van der Waals surface area contributed by atoms with E-state index in [9.17, 15) is 5.11 Å². The molecule has 0 aromatic carbocycles. The highest BCUT2D eigenvalue weighted by molar-refractivity contribution is 4.82. The van der Waals surface area contributed by atoms with Gasteiger partial charge in [0, 0.05) is 12.6 Å². The van der Waals surface area contributed by atoms with E-state index in [4.69, 9.17) is 0 Å². The summed E-state index contributed by atoms with van der Waals surface area (Å²) in [5, 5.41) is 9.88. The molecule has 1 unspecified atom stereocenters. The average molecular weight is 185 g/mol. The van der Waals surface area contributed by atoms with E-state index in [1.54, 1.807) is 0 Å². The van der Waals surface area contributed by atoms with Crippen molar-refractivity contribution in [3.05, 3.63) is 0 Å². The van der Waals surface area contributed by atoms with Crippen molar-refractivity contribution in [1.29, 1.82) is 0 Å². The Balaban J connectivity index is 2.30. The van der Waals surface area contributed by atoms with Crippen LogP contribution in [0.3, 0.4) is 0 Å². The van der Waals surface area contributed by atoms with E-state index in [1.807, 2.05) is 0 Å². The molecule has 1 atom stereocenters. The van der Waals surface area contributed by atoms with Crippen molar-refractivity contribution in [2.45, 2.75) is 52.2 Å². The van der Waals surface area contributed by atoms with Crippen LogP contribution >= 0.6 is 0 Å². The first kappa shape index (κ1) is 11.0. The number of likely N-dealkylation sites (N-methyl/N-ethyl adjacent to an activating group) is 1. The molecule has 13 heavy (non-hydrogen) atoms. The lowest BCUT2D eigenvalue weighted by Gasteiger charge is -2.38. The maximum atomic E-state index is 9.88. The quantitative estimate of drug-likeness (QED) is 0.725. The molecule has 0 spiro atoms. The molecular weight excluding hydrogens is 162 g/mol. The van der Waals surface area contributed by atoms with E-state index < -0.39 is 0 Å². The molecule has 0 aromatic rings. The normalized spacial score (nSPS) is 21.7. The van der Waals surface area contributed by atoms with Gasteiger partial charge in [-0.1, -0.05) is 27.2 Å². The average Bonchev–Trinajstić information content (AvgIpc) is 1.79. The summed E-state index contributed by atoms with van der Waals surface area (Å²) in [4.78, 5) is 2.30. The molecule has 2 nitrogen and oxygen atoms in total. The Morgan fingerprint density at radius 1 is 1.38 bits per heavy atom. The first-order chi connectivity index (χ1) is 5.91. The monoisotopic (exact) mass is 185 g/mol. The first-order valence-corrected chi connectivity index (χ1v) is 5.29. The van der Waals surface area contributed by atoms with E-state index in [1.165, 1.54) is 19.3 Å². The standard InChI is InChI=1S/C11H23NO/c1-11(2,3)10(13)8-12(4)9-6-5-7-9/h9-10,13H,5-8H2,1-4H3. The van der Waals surface area contributed by atoms with Crippen LogP contribution in [0.5, 0.6) is 0 Å². The van der Waals surface area contributed by atoms with E-state index in [0.717, 1.165) is 12.6 Å². The second kappa shape index (κ2) is 3.97. The molecule has 0 bridgehead atoms. The van der Waals surface area contributed by atoms with Crippen LogP contribution in [0.1, 0.15) is 40.0 Å². The molecule has 0 heterocycles. The zero-order valence-electron chi connectivity index (χ0n) is 9.38. The van der Waals surface area contributed by atoms with E-state index in [0.29, 0.717) is 0 Å². The Bertz CT molecular complexity index is 158. The third-order valence-corrected chi connectivity index (χ3v) is 3.16. The van der Waals surface area contributed by atoms with Gasteiger partial charge in [0.2, 0.25) is 0 Å². The summed E-state index contributed by atoms with van der Waals surface area (Å²) in [7, 11) is 2.12. The molecule has 1 fully saturated rings. The number of aliphatic hydroxyl groups is 1. The van der Waals surface area contributed by atoms with Crippen LogP contribution in [0.25, 0.3) is 0 Å². The highest BCUT2D eigenvalue weighted by atomic mass is 16.3. The minimum absolute atomic E-state index is 0.0119. The smallest absolute Gasteiger partial charge is 0.0715 e. The summed E-state index contributed by atoms with van der Waals surface area (Å²) in [6.45, 7) is 7.08. The summed E-state index contributed by atoms with van der Waals surface area (Å²) >= 11 is 0. The zero-order valence-corrected chi connectivity index (χ0v) is 9.38. The molecule has 1 rings (SSSR count). The molecule has 1 N–H and O–H groups in total. The van der Waals surface area contributed by atoms with Gasteiger partial charge in [-0.25, -0.2) is 0 Å². The molecular formula is C11H23NO. The SMILES string of the molecule is CN(CC(O)C(C)(C)C)C1CCC1. The number of rotatable bonds is 3. The summed E-state index contributed by atoms with van der Waals surface area (Å²) in [6.07, 6.45) is 3.78. The Kier molecular flexibility index (Phi) is 3.36. The lowest BCUT2D eigenvalue weighted by atomic mass is 9.87. The molecule has 0 amide bonds. The second-order valence-electron chi connectivity index (χ2n) is 5.41. The first-order valence-electron chi connectivity index (χ1n) is 5.29. The van der Waals surface area contributed by atoms with Crippen LogP contribution in [0, 0.1) is 5.41 Å². The van der Waals surface area contributed by atoms with Gasteiger partial charge < -0.3 is 10.0 Å². The van der Waals surface area contributed by atoms with Gasteiger partial charge in [0.25, 0.3) is 0 Å². The van der Waals surface area contributed by atoms with E-state index >= 15 is 0 Å². The van der Waals surface area contributed by atoms with Gasteiger partial charge in [-0.2, -0.15) is 0 Å². The van der Waals surface area contributed by atoms with Crippen molar-refractivity contribution in [2.75, 3.05) is 13.6 Å². The summed E-state index contributed by atoms with van der Waals surface area (Å²) < 4.78 is 0. The van der Waals surface area contributed by atoms with Gasteiger partial charge >= 0.3 is 0 Å². The Labute approximate surface area is 81.9 Å². The Hall–Kier alpha value is -0.0800. The van der Waals surface area contributed by atoms with Crippen molar-refractivity contribution in [3.63, 3.8) is 0 Å². The van der Waals surface area contributed by atoms with Gasteiger partial charge in [-0.15, -0.1) is 0 Å². The van der Waals surface area contributed by atoms with Crippen LogP contribution in [-0.2, 0) is 0 Å². The Morgan fingerprint density at radius 3 is 2.23 bits per heavy atom. The van der Waals surface area contributed by atoms with Crippen molar-refractivity contribution in [3.8, 4) is 0 Å². The van der Waals surface area contributed by atoms with Crippen molar-refractivity contribution in [2.24, 2.45) is 5.41 Å². The topological polar surface area (TPSA) is 23.5 Å². The largest absolute Gasteiger partial charge is 0.391 e. The van der Waals surface area contributed by atoms with Crippen molar-refractivity contribution >= 4 is 0 Å². The molecule has 78 valence electrons. The third kappa shape index (κ3) is 2.96. The van der Waals surface area contributed by atoms with Gasteiger partial charge in [-0.3, -0.25) is 0 Å². The lowest BCUT2D eigenvalue weighted by Crippen LogP contribution is -2.44. The van der Waals surface area contributed by atoms with Gasteiger partial charge in [0.15, 0.2) is 0 Å². The zero-order chi connectivity index (χ0) is 10.1. The summed E-state index contributed by atoms with van der Waals surface area (Å²) in [5.74, 6) is 0. The fraction of sp³-hybridized carbons (Fsp3) is 1.00. The van der Waals surface area contributed by atoms with Crippen LogP contribution < -0.4 is 0 Å². The van der Waals surface area contributed by atoms with Crippen molar-refractivity contribution in [1.82, 2.24) is 4.90 Å². The van der Waals surface area contributed by atoms with E-state index in [-0.39, 0.29) is 11.5 Å². The minimum atomic E-state index is -0.210. The number of hydrogen-bond donors (Lipinski definition) is 1. The van der Waals surface area contributed by atoms with E-state index in [2.05, 4.69) is 32.7 Å². The summed E-state index contributed by atoms with van der Waals surface area (Å²) in [6, 6.07) is 0.733. The fourth-order valence-electron chi connectivity index (χ4n) is 1.52. The molecule has 0 radical (unpaired) electrons. The van der Waals surface area contributed by atoms with Crippen LogP contribution in [0.15, 0.2) is 0 Å².